The van der Waals surface area contributed by atoms with Crippen molar-refractivity contribution in [2.75, 3.05) is 46.1 Å². The van der Waals surface area contributed by atoms with Gasteiger partial charge in [-0.05, 0) is 5.92 Å². The molecule has 0 aromatic rings. The number of nitrogens with zero attached hydrogens (tertiary/aromatic N) is 1. The van der Waals surface area contributed by atoms with Crippen molar-refractivity contribution in [2.45, 2.75) is 13.8 Å². The Bertz CT molecular complexity index is 136. The maximum Gasteiger partial charge on any atom is 0.0608 e. The van der Waals surface area contributed by atoms with Crippen LogP contribution in [0.5, 0.6) is 0 Å². The van der Waals surface area contributed by atoms with Gasteiger partial charge in [0.05, 0.1) is 19.8 Å². The van der Waals surface area contributed by atoms with E-state index in [0.717, 1.165) is 46.1 Å². The first-order valence-corrected chi connectivity index (χ1v) is 5.43. The Morgan fingerprint density at radius 3 is 2.71 bits per heavy atom. The third kappa shape index (κ3) is 5.54. The van der Waals surface area contributed by atoms with E-state index in [9.17, 15) is 0 Å². The van der Waals surface area contributed by atoms with Crippen LogP contribution in [-0.4, -0.2) is 51.1 Å². The van der Waals surface area contributed by atoms with Crippen LogP contribution in [0.1, 0.15) is 13.8 Å². The summed E-state index contributed by atoms with van der Waals surface area (Å²) >= 11 is 0. The van der Waals surface area contributed by atoms with Crippen LogP contribution in [0, 0.1) is 5.92 Å². The Morgan fingerprint density at radius 2 is 2.07 bits per heavy atom. The summed E-state index contributed by atoms with van der Waals surface area (Å²) in [6, 6.07) is 0. The standard InChI is InChI=1S/C10H22N2O2/c1-10(2)9-14-6-3-11-12-4-7-13-8-5-12/h10-11H,3-9H2,1-2H3. The first-order chi connectivity index (χ1) is 6.79. The molecular formula is C10H22N2O2. The Labute approximate surface area is 86.5 Å². The van der Waals surface area contributed by atoms with Crippen molar-refractivity contribution in [1.82, 2.24) is 10.4 Å². The second-order valence-electron chi connectivity index (χ2n) is 3.98. The number of rotatable bonds is 6. The van der Waals surface area contributed by atoms with Gasteiger partial charge >= 0.3 is 0 Å². The molecule has 1 heterocycles. The molecule has 84 valence electrons. The SMILES string of the molecule is CC(C)COCCNN1CCOCC1. The molecule has 4 nitrogen and oxygen atoms in total. The van der Waals surface area contributed by atoms with Gasteiger partial charge in [0.25, 0.3) is 0 Å². The number of hydrogen-bond donors (Lipinski definition) is 1. The van der Waals surface area contributed by atoms with E-state index < -0.39 is 0 Å². The van der Waals surface area contributed by atoms with Crippen LogP contribution in [0.4, 0.5) is 0 Å². The first kappa shape index (κ1) is 11.9. The molecule has 0 aromatic carbocycles. The lowest BCUT2D eigenvalue weighted by atomic mass is 10.2. The molecule has 0 saturated carbocycles. The van der Waals surface area contributed by atoms with Gasteiger partial charge in [-0.2, -0.15) is 0 Å². The van der Waals surface area contributed by atoms with Crippen molar-refractivity contribution in [3.8, 4) is 0 Å². The summed E-state index contributed by atoms with van der Waals surface area (Å²) in [5, 5.41) is 2.20. The molecule has 0 aromatic heterocycles. The molecule has 1 aliphatic heterocycles. The van der Waals surface area contributed by atoms with Gasteiger partial charge in [-0.1, -0.05) is 13.8 Å². The van der Waals surface area contributed by atoms with E-state index in [4.69, 9.17) is 9.47 Å². The zero-order chi connectivity index (χ0) is 10.2. The van der Waals surface area contributed by atoms with E-state index in [1.165, 1.54) is 0 Å². The summed E-state index contributed by atoms with van der Waals surface area (Å²) in [4.78, 5) is 0. The Morgan fingerprint density at radius 1 is 1.36 bits per heavy atom. The van der Waals surface area contributed by atoms with Crippen LogP contribution in [0.15, 0.2) is 0 Å². The predicted octanol–water partition coefficient (Wildman–Crippen LogP) is 0.496. The molecule has 0 bridgehead atoms. The van der Waals surface area contributed by atoms with Gasteiger partial charge in [0.1, 0.15) is 0 Å². The molecule has 14 heavy (non-hydrogen) atoms. The summed E-state index contributed by atoms with van der Waals surface area (Å²) in [5.41, 5.74) is 3.32. The van der Waals surface area contributed by atoms with Crippen molar-refractivity contribution in [1.29, 1.82) is 0 Å². The largest absolute Gasteiger partial charge is 0.380 e. The van der Waals surface area contributed by atoms with Crippen LogP contribution in [0.3, 0.4) is 0 Å². The van der Waals surface area contributed by atoms with Crippen molar-refractivity contribution < 1.29 is 9.47 Å². The summed E-state index contributed by atoms with van der Waals surface area (Å²) in [7, 11) is 0. The maximum atomic E-state index is 5.47. The second kappa shape index (κ2) is 7.17. The van der Waals surface area contributed by atoms with E-state index in [1.807, 2.05) is 0 Å². The van der Waals surface area contributed by atoms with Crippen molar-refractivity contribution in [3.63, 3.8) is 0 Å². The molecular weight excluding hydrogens is 180 g/mol. The van der Waals surface area contributed by atoms with Crippen LogP contribution in [-0.2, 0) is 9.47 Å². The number of hydrogen-bond acceptors (Lipinski definition) is 4. The van der Waals surface area contributed by atoms with Gasteiger partial charge in [-0.15, -0.1) is 0 Å². The lowest BCUT2D eigenvalue weighted by Gasteiger charge is -2.27. The molecule has 0 atom stereocenters. The molecule has 1 rings (SSSR count). The minimum absolute atomic E-state index is 0.624. The van der Waals surface area contributed by atoms with Crippen LogP contribution < -0.4 is 5.43 Å². The molecule has 0 radical (unpaired) electrons. The molecule has 0 amide bonds. The van der Waals surface area contributed by atoms with Crippen molar-refractivity contribution in [3.05, 3.63) is 0 Å². The van der Waals surface area contributed by atoms with Gasteiger partial charge in [0, 0.05) is 26.2 Å². The predicted molar refractivity (Wildman–Crippen MR) is 56.1 cm³/mol. The quantitative estimate of drug-likeness (QED) is 0.636. The van der Waals surface area contributed by atoms with E-state index in [2.05, 4.69) is 24.3 Å². The van der Waals surface area contributed by atoms with E-state index in [1.54, 1.807) is 0 Å². The topological polar surface area (TPSA) is 33.7 Å². The highest BCUT2D eigenvalue weighted by atomic mass is 16.5. The first-order valence-electron chi connectivity index (χ1n) is 5.43. The fourth-order valence-corrected chi connectivity index (χ4v) is 1.32. The van der Waals surface area contributed by atoms with Crippen LogP contribution in [0.2, 0.25) is 0 Å². The molecule has 0 aliphatic carbocycles. The van der Waals surface area contributed by atoms with Gasteiger partial charge in [-0.3, -0.25) is 5.43 Å². The zero-order valence-electron chi connectivity index (χ0n) is 9.29. The number of ether oxygens (including phenoxy) is 2. The summed E-state index contributed by atoms with van der Waals surface area (Å²) in [5.74, 6) is 0.624. The molecule has 1 saturated heterocycles. The van der Waals surface area contributed by atoms with Gasteiger partial charge in [-0.25, -0.2) is 5.01 Å². The molecule has 1 aliphatic rings. The van der Waals surface area contributed by atoms with Gasteiger partial charge in [0.15, 0.2) is 0 Å². The number of morpholine rings is 1. The fraction of sp³-hybridized carbons (Fsp3) is 1.00. The molecule has 1 N–H and O–H groups in total. The third-order valence-electron chi connectivity index (χ3n) is 2.04. The average molecular weight is 202 g/mol. The third-order valence-corrected chi connectivity index (χ3v) is 2.04. The highest BCUT2D eigenvalue weighted by Crippen LogP contribution is 1.93. The second-order valence-corrected chi connectivity index (χ2v) is 3.98. The van der Waals surface area contributed by atoms with Crippen LogP contribution in [0.25, 0.3) is 0 Å². The average Bonchev–Trinajstić information content (AvgIpc) is 2.18. The smallest absolute Gasteiger partial charge is 0.0608 e. The van der Waals surface area contributed by atoms with Gasteiger partial charge in [0.2, 0.25) is 0 Å². The maximum absolute atomic E-state index is 5.47. The zero-order valence-corrected chi connectivity index (χ0v) is 9.29. The lowest BCUT2D eigenvalue weighted by molar-refractivity contribution is 0.00481. The Balaban J connectivity index is 1.87. The molecule has 1 fully saturated rings. The summed E-state index contributed by atoms with van der Waals surface area (Å²) in [6.07, 6.45) is 0. The molecule has 4 heteroatoms. The molecule has 0 spiro atoms. The van der Waals surface area contributed by atoms with E-state index >= 15 is 0 Å². The van der Waals surface area contributed by atoms with E-state index in [0.29, 0.717) is 5.92 Å². The minimum atomic E-state index is 0.624. The van der Waals surface area contributed by atoms with Crippen molar-refractivity contribution in [2.24, 2.45) is 5.92 Å². The normalized spacial score (nSPS) is 19.1. The highest BCUT2D eigenvalue weighted by Gasteiger charge is 2.08. The number of hydrazine groups is 1. The summed E-state index contributed by atoms with van der Waals surface area (Å²) < 4.78 is 10.7. The fourth-order valence-electron chi connectivity index (χ4n) is 1.32. The minimum Gasteiger partial charge on any atom is -0.380 e. The van der Waals surface area contributed by atoms with Crippen molar-refractivity contribution >= 4 is 0 Å². The van der Waals surface area contributed by atoms with Crippen LogP contribution >= 0.6 is 0 Å². The number of nitrogens with one attached hydrogen (secondary N) is 1. The lowest BCUT2D eigenvalue weighted by Crippen LogP contribution is -2.46. The highest BCUT2D eigenvalue weighted by molar-refractivity contribution is 4.56. The summed E-state index contributed by atoms with van der Waals surface area (Å²) in [6.45, 7) is 10.5. The Hall–Kier alpha value is -0.160. The van der Waals surface area contributed by atoms with Gasteiger partial charge < -0.3 is 9.47 Å². The Kier molecular flexibility index (Phi) is 6.10. The monoisotopic (exact) mass is 202 g/mol. The molecule has 0 unspecified atom stereocenters. The van der Waals surface area contributed by atoms with E-state index in [-0.39, 0.29) is 0 Å².